The van der Waals surface area contributed by atoms with Gasteiger partial charge in [-0.3, -0.25) is 4.79 Å². The molecule has 0 aliphatic heterocycles. The Balaban J connectivity index is 2.52. The summed E-state index contributed by atoms with van der Waals surface area (Å²) in [7, 11) is 0. The van der Waals surface area contributed by atoms with Crippen molar-refractivity contribution in [2.24, 2.45) is 5.41 Å². The second-order valence-corrected chi connectivity index (χ2v) is 4.69. The predicted octanol–water partition coefficient (Wildman–Crippen LogP) is 1.49. The van der Waals surface area contributed by atoms with Crippen molar-refractivity contribution >= 4 is 5.97 Å². The van der Waals surface area contributed by atoms with E-state index in [0.29, 0.717) is 6.42 Å². The van der Waals surface area contributed by atoms with Crippen LogP contribution in [0.15, 0.2) is 0 Å². The van der Waals surface area contributed by atoms with Crippen LogP contribution in [0, 0.1) is 5.41 Å². The number of rotatable bonds is 1. The topological polar surface area (TPSA) is 46.5 Å². The van der Waals surface area contributed by atoms with Gasteiger partial charge >= 0.3 is 5.97 Å². The zero-order valence-electron chi connectivity index (χ0n) is 8.54. The van der Waals surface area contributed by atoms with E-state index in [4.69, 9.17) is 4.74 Å². The third-order valence-electron chi connectivity index (χ3n) is 2.44. The van der Waals surface area contributed by atoms with E-state index >= 15 is 0 Å². The van der Waals surface area contributed by atoms with E-state index in [9.17, 15) is 9.90 Å². The van der Waals surface area contributed by atoms with Crippen molar-refractivity contribution in [3.05, 3.63) is 0 Å². The third kappa shape index (κ3) is 3.35. The maximum Gasteiger partial charge on any atom is 0.302 e. The van der Waals surface area contributed by atoms with Crippen molar-refractivity contribution in [2.75, 3.05) is 0 Å². The second-order valence-electron chi connectivity index (χ2n) is 4.69. The van der Waals surface area contributed by atoms with E-state index < -0.39 is 0 Å². The van der Waals surface area contributed by atoms with Gasteiger partial charge in [-0.2, -0.15) is 0 Å². The molecule has 1 rings (SSSR count). The summed E-state index contributed by atoms with van der Waals surface area (Å²) in [4.78, 5) is 10.7. The summed E-state index contributed by atoms with van der Waals surface area (Å²) >= 11 is 0. The fourth-order valence-electron chi connectivity index (χ4n) is 2.13. The van der Waals surface area contributed by atoms with Gasteiger partial charge < -0.3 is 9.84 Å². The number of aliphatic hydroxyl groups is 1. The lowest BCUT2D eigenvalue weighted by atomic mass is 9.75. The lowest BCUT2D eigenvalue weighted by Gasteiger charge is -2.37. The molecular weight excluding hydrogens is 168 g/mol. The van der Waals surface area contributed by atoms with Crippen molar-refractivity contribution in [2.45, 2.75) is 52.2 Å². The molecule has 3 nitrogen and oxygen atoms in total. The fraction of sp³-hybridized carbons (Fsp3) is 0.900. The summed E-state index contributed by atoms with van der Waals surface area (Å²) in [6.45, 7) is 5.59. The monoisotopic (exact) mass is 186 g/mol. The van der Waals surface area contributed by atoms with E-state index in [1.165, 1.54) is 6.92 Å². The highest BCUT2D eigenvalue weighted by Gasteiger charge is 2.34. The van der Waals surface area contributed by atoms with E-state index in [2.05, 4.69) is 13.8 Å². The minimum absolute atomic E-state index is 0.0811. The van der Waals surface area contributed by atoms with Crippen LogP contribution in [-0.4, -0.2) is 23.3 Å². The Bertz CT molecular complexity index is 198. The molecule has 0 heterocycles. The molecule has 0 aromatic carbocycles. The Hall–Kier alpha value is -0.570. The molecule has 1 N–H and O–H groups in total. The molecule has 1 aliphatic carbocycles. The van der Waals surface area contributed by atoms with E-state index in [0.717, 1.165) is 12.8 Å². The van der Waals surface area contributed by atoms with Crippen molar-refractivity contribution in [1.29, 1.82) is 0 Å². The van der Waals surface area contributed by atoms with Crippen LogP contribution in [-0.2, 0) is 9.53 Å². The molecule has 0 radical (unpaired) electrons. The molecule has 0 amide bonds. The van der Waals surface area contributed by atoms with Crippen molar-refractivity contribution in [3.63, 3.8) is 0 Å². The van der Waals surface area contributed by atoms with Crippen LogP contribution in [0.4, 0.5) is 0 Å². The normalized spacial score (nSPS) is 32.6. The van der Waals surface area contributed by atoms with Crippen LogP contribution < -0.4 is 0 Å². The molecule has 0 spiro atoms. The molecule has 0 aromatic rings. The first-order chi connectivity index (χ1) is 5.89. The van der Waals surface area contributed by atoms with Gasteiger partial charge in [-0.05, 0) is 18.3 Å². The minimum atomic E-state index is -0.326. The number of carbonyl (C=O) groups excluding carboxylic acids is 1. The van der Waals surface area contributed by atoms with Crippen molar-refractivity contribution in [1.82, 2.24) is 0 Å². The molecule has 76 valence electrons. The van der Waals surface area contributed by atoms with E-state index in [-0.39, 0.29) is 23.6 Å². The highest BCUT2D eigenvalue weighted by atomic mass is 16.5. The first kappa shape index (κ1) is 10.5. The lowest BCUT2D eigenvalue weighted by molar-refractivity contribution is -0.152. The molecular formula is C10H18O3. The molecule has 0 unspecified atom stereocenters. The predicted molar refractivity (Wildman–Crippen MR) is 49.2 cm³/mol. The zero-order valence-corrected chi connectivity index (χ0v) is 8.54. The highest BCUT2D eigenvalue weighted by molar-refractivity contribution is 5.66. The Kier molecular flexibility index (Phi) is 2.96. The van der Waals surface area contributed by atoms with Crippen LogP contribution in [0.3, 0.4) is 0 Å². The van der Waals surface area contributed by atoms with Gasteiger partial charge in [0.2, 0.25) is 0 Å². The maximum atomic E-state index is 10.7. The quantitative estimate of drug-likeness (QED) is 0.631. The van der Waals surface area contributed by atoms with Gasteiger partial charge in [-0.25, -0.2) is 0 Å². The number of hydrogen-bond acceptors (Lipinski definition) is 3. The Morgan fingerprint density at radius 1 is 1.46 bits per heavy atom. The minimum Gasteiger partial charge on any atom is -0.462 e. The van der Waals surface area contributed by atoms with Gasteiger partial charge in [-0.1, -0.05) is 13.8 Å². The second kappa shape index (κ2) is 3.66. The molecule has 0 bridgehead atoms. The number of ether oxygens (including phenoxy) is 1. The largest absolute Gasteiger partial charge is 0.462 e. The molecule has 0 saturated heterocycles. The number of hydrogen-bond donors (Lipinski definition) is 1. The summed E-state index contributed by atoms with van der Waals surface area (Å²) < 4.78 is 5.10. The number of carbonyl (C=O) groups is 1. The maximum absolute atomic E-state index is 10.7. The summed E-state index contributed by atoms with van der Waals surface area (Å²) in [5, 5.41) is 9.54. The molecule has 1 saturated carbocycles. The van der Waals surface area contributed by atoms with Gasteiger partial charge in [-0.15, -0.1) is 0 Å². The molecule has 1 aliphatic rings. The van der Waals surface area contributed by atoms with Crippen LogP contribution in [0.5, 0.6) is 0 Å². The zero-order chi connectivity index (χ0) is 10.1. The van der Waals surface area contributed by atoms with Crippen LogP contribution in [0.1, 0.15) is 40.0 Å². The lowest BCUT2D eigenvalue weighted by Crippen LogP contribution is -2.36. The Labute approximate surface area is 79.1 Å². The average Bonchev–Trinajstić information content (AvgIpc) is 1.78. The molecule has 3 heteroatoms. The number of aliphatic hydroxyl groups excluding tert-OH is 1. The van der Waals surface area contributed by atoms with Crippen LogP contribution in [0.25, 0.3) is 0 Å². The van der Waals surface area contributed by atoms with Crippen molar-refractivity contribution in [3.8, 4) is 0 Å². The smallest absolute Gasteiger partial charge is 0.302 e. The molecule has 2 atom stereocenters. The highest BCUT2D eigenvalue weighted by Crippen LogP contribution is 2.36. The molecule has 13 heavy (non-hydrogen) atoms. The van der Waals surface area contributed by atoms with Gasteiger partial charge in [0.25, 0.3) is 0 Å². The SMILES string of the molecule is CC(=O)O[C@@H]1C[C@H](O)CC(C)(C)C1. The van der Waals surface area contributed by atoms with Gasteiger partial charge in [0.15, 0.2) is 0 Å². The van der Waals surface area contributed by atoms with Gasteiger partial charge in [0, 0.05) is 13.3 Å². The average molecular weight is 186 g/mol. The molecule has 1 fully saturated rings. The van der Waals surface area contributed by atoms with E-state index in [1.807, 2.05) is 0 Å². The summed E-state index contributed by atoms with van der Waals surface area (Å²) in [6.07, 6.45) is 1.81. The summed E-state index contributed by atoms with van der Waals surface area (Å²) in [5.74, 6) is -0.255. The first-order valence-corrected chi connectivity index (χ1v) is 4.74. The standard InChI is InChI=1S/C10H18O3/c1-7(11)13-9-4-8(12)5-10(2,3)6-9/h8-9,12H,4-6H2,1-3H3/t8-,9+/m0/s1. The van der Waals surface area contributed by atoms with Crippen LogP contribution in [0.2, 0.25) is 0 Å². The van der Waals surface area contributed by atoms with Crippen LogP contribution >= 0.6 is 0 Å². The first-order valence-electron chi connectivity index (χ1n) is 4.74. The summed E-state index contributed by atoms with van der Waals surface area (Å²) in [6, 6.07) is 0. The Morgan fingerprint density at radius 2 is 2.08 bits per heavy atom. The van der Waals surface area contributed by atoms with Gasteiger partial charge in [0.1, 0.15) is 6.10 Å². The fourth-order valence-corrected chi connectivity index (χ4v) is 2.13. The van der Waals surface area contributed by atoms with Gasteiger partial charge in [0.05, 0.1) is 6.10 Å². The van der Waals surface area contributed by atoms with E-state index in [1.54, 1.807) is 0 Å². The Morgan fingerprint density at radius 3 is 2.54 bits per heavy atom. The number of esters is 1. The van der Waals surface area contributed by atoms with Crippen molar-refractivity contribution < 1.29 is 14.6 Å². The summed E-state index contributed by atoms with van der Waals surface area (Å²) in [5.41, 5.74) is 0.0811. The third-order valence-corrected chi connectivity index (χ3v) is 2.44. The molecule has 0 aromatic heterocycles.